The quantitative estimate of drug-likeness (QED) is 0.837. The summed E-state index contributed by atoms with van der Waals surface area (Å²) in [6.45, 7) is 1.65. The van der Waals surface area contributed by atoms with Crippen LogP contribution in [-0.4, -0.2) is 45.0 Å². The highest BCUT2D eigenvalue weighted by molar-refractivity contribution is 7.89. The summed E-state index contributed by atoms with van der Waals surface area (Å²) in [6.07, 6.45) is 7.99. The molecule has 1 fully saturated rings. The minimum atomic E-state index is -3.71. The molecule has 1 aliphatic rings. The lowest BCUT2D eigenvalue weighted by molar-refractivity contribution is 0.0511. The van der Waals surface area contributed by atoms with Crippen LogP contribution < -0.4 is 4.72 Å². The number of aliphatic hydroxyl groups is 1. The maximum Gasteiger partial charge on any atom is 0.244 e. The maximum absolute atomic E-state index is 12.6. The first kappa shape index (κ1) is 16.2. The van der Waals surface area contributed by atoms with E-state index in [4.69, 9.17) is 0 Å². The molecular weight excluding hydrogens is 318 g/mol. The van der Waals surface area contributed by atoms with E-state index in [0.29, 0.717) is 12.1 Å². The molecule has 2 heterocycles. The number of aryl methyl sites for hydroxylation is 2. The Bertz CT molecular complexity index is 768. The Labute approximate surface area is 135 Å². The second-order valence-corrected chi connectivity index (χ2v) is 7.66. The van der Waals surface area contributed by atoms with Gasteiger partial charge in [-0.15, -0.1) is 0 Å². The number of rotatable bonds is 4. The Morgan fingerprint density at radius 3 is 2.78 bits per heavy atom. The van der Waals surface area contributed by atoms with Crippen LogP contribution in [0.15, 0.2) is 29.8 Å². The van der Waals surface area contributed by atoms with Gasteiger partial charge < -0.3 is 9.67 Å². The van der Waals surface area contributed by atoms with Gasteiger partial charge in [0.25, 0.3) is 0 Å². The molecular formula is C14H21N5O3S. The highest BCUT2D eigenvalue weighted by Crippen LogP contribution is 2.30. The zero-order chi connectivity index (χ0) is 16.6. The van der Waals surface area contributed by atoms with Crippen molar-refractivity contribution in [3.05, 3.63) is 30.6 Å². The molecule has 9 heteroatoms. The Morgan fingerprint density at radius 2 is 2.17 bits per heavy atom. The van der Waals surface area contributed by atoms with E-state index >= 15 is 0 Å². The van der Waals surface area contributed by atoms with Crippen molar-refractivity contribution >= 4 is 10.0 Å². The van der Waals surface area contributed by atoms with Gasteiger partial charge in [-0.25, -0.2) is 18.1 Å². The first-order valence-corrected chi connectivity index (χ1v) is 9.05. The van der Waals surface area contributed by atoms with E-state index in [0.717, 1.165) is 12.8 Å². The number of nitrogens with one attached hydrogen (secondary N) is 1. The van der Waals surface area contributed by atoms with Gasteiger partial charge >= 0.3 is 0 Å². The highest BCUT2D eigenvalue weighted by Gasteiger charge is 2.36. The summed E-state index contributed by atoms with van der Waals surface area (Å²) >= 11 is 0. The summed E-state index contributed by atoms with van der Waals surface area (Å²) in [5, 5.41) is 14.7. The normalized spacial score (nSPS) is 25.6. The Hall–Kier alpha value is -1.71. The van der Waals surface area contributed by atoms with Crippen molar-refractivity contribution in [2.24, 2.45) is 7.05 Å². The fourth-order valence-electron chi connectivity index (χ4n) is 3.18. The largest absolute Gasteiger partial charge is 0.389 e. The lowest BCUT2D eigenvalue weighted by atomic mass is 9.88. The summed E-state index contributed by atoms with van der Waals surface area (Å²) < 4.78 is 31.1. The minimum absolute atomic E-state index is 0.150. The van der Waals surface area contributed by atoms with Crippen molar-refractivity contribution in [3.63, 3.8) is 0 Å². The first-order chi connectivity index (χ1) is 10.9. The van der Waals surface area contributed by atoms with Gasteiger partial charge in [0.1, 0.15) is 4.90 Å². The second-order valence-electron chi connectivity index (χ2n) is 5.98. The van der Waals surface area contributed by atoms with E-state index in [-0.39, 0.29) is 10.9 Å². The molecule has 1 aliphatic carbocycles. The van der Waals surface area contributed by atoms with Crippen molar-refractivity contribution in [1.82, 2.24) is 24.1 Å². The minimum Gasteiger partial charge on any atom is -0.389 e. The van der Waals surface area contributed by atoms with E-state index in [1.165, 1.54) is 10.9 Å². The first-order valence-electron chi connectivity index (χ1n) is 7.56. The number of imidazole rings is 1. The van der Waals surface area contributed by atoms with Gasteiger partial charge in [-0.3, -0.25) is 4.68 Å². The lowest BCUT2D eigenvalue weighted by Crippen LogP contribution is -2.49. The SMILES string of the molecule is Cc1nn(C)cc1S(=O)(=O)N[C@@H]1CCC[C@@H](n2ccnc2)[C@@H]1O. The topological polar surface area (TPSA) is 102 Å². The van der Waals surface area contributed by atoms with Gasteiger partial charge in [0.2, 0.25) is 10.0 Å². The van der Waals surface area contributed by atoms with Crippen molar-refractivity contribution in [1.29, 1.82) is 0 Å². The lowest BCUT2D eigenvalue weighted by Gasteiger charge is -2.35. The molecule has 0 bridgehead atoms. The summed E-state index contributed by atoms with van der Waals surface area (Å²) in [5.74, 6) is 0. The molecule has 2 aromatic heterocycles. The molecule has 3 rings (SSSR count). The molecule has 0 aromatic carbocycles. The fourth-order valence-corrected chi connectivity index (χ4v) is 4.68. The molecule has 23 heavy (non-hydrogen) atoms. The van der Waals surface area contributed by atoms with E-state index in [1.807, 2.05) is 4.57 Å². The molecule has 3 atom stereocenters. The van der Waals surface area contributed by atoms with Crippen molar-refractivity contribution < 1.29 is 13.5 Å². The number of hydrogen-bond donors (Lipinski definition) is 2. The molecule has 0 amide bonds. The predicted molar refractivity (Wildman–Crippen MR) is 83.2 cm³/mol. The highest BCUT2D eigenvalue weighted by atomic mass is 32.2. The van der Waals surface area contributed by atoms with Gasteiger partial charge in [0.05, 0.1) is 30.2 Å². The van der Waals surface area contributed by atoms with Crippen LogP contribution in [0.25, 0.3) is 0 Å². The molecule has 1 saturated carbocycles. The van der Waals surface area contributed by atoms with Crippen LogP contribution in [0.4, 0.5) is 0 Å². The van der Waals surface area contributed by atoms with Gasteiger partial charge in [-0.2, -0.15) is 5.10 Å². The standard InChI is InChI=1S/C14H21N5O3S/c1-10-13(8-18(2)16-10)23(21,22)17-11-4-3-5-12(14(11)20)19-7-6-15-9-19/h6-9,11-12,14,17,20H,3-5H2,1-2H3/t11-,12-,14-/m1/s1. The molecule has 0 radical (unpaired) electrons. The van der Waals surface area contributed by atoms with E-state index in [1.54, 1.807) is 32.7 Å². The summed E-state index contributed by atoms with van der Waals surface area (Å²) in [7, 11) is -2.04. The maximum atomic E-state index is 12.6. The van der Waals surface area contributed by atoms with Crippen molar-refractivity contribution in [3.8, 4) is 0 Å². The zero-order valence-electron chi connectivity index (χ0n) is 13.1. The van der Waals surface area contributed by atoms with Crippen LogP contribution in [0.3, 0.4) is 0 Å². The summed E-state index contributed by atoms with van der Waals surface area (Å²) in [4.78, 5) is 4.15. The number of aromatic nitrogens is 4. The smallest absolute Gasteiger partial charge is 0.244 e. The number of nitrogens with zero attached hydrogens (tertiary/aromatic N) is 4. The predicted octanol–water partition coefficient (Wildman–Crippen LogP) is 0.358. The molecule has 0 aliphatic heterocycles. The number of hydrogen-bond acceptors (Lipinski definition) is 5. The number of sulfonamides is 1. The van der Waals surface area contributed by atoms with Crippen LogP contribution in [0.2, 0.25) is 0 Å². The van der Waals surface area contributed by atoms with Gasteiger partial charge in [0.15, 0.2) is 0 Å². The fraction of sp³-hybridized carbons (Fsp3) is 0.571. The Morgan fingerprint density at radius 1 is 1.39 bits per heavy atom. The zero-order valence-corrected chi connectivity index (χ0v) is 13.9. The van der Waals surface area contributed by atoms with Gasteiger partial charge in [0, 0.05) is 25.6 Å². The number of aliphatic hydroxyl groups excluding tert-OH is 1. The molecule has 2 N–H and O–H groups in total. The van der Waals surface area contributed by atoms with Crippen LogP contribution in [0, 0.1) is 6.92 Å². The molecule has 0 saturated heterocycles. The molecule has 0 unspecified atom stereocenters. The monoisotopic (exact) mass is 339 g/mol. The van der Waals surface area contributed by atoms with Crippen molar-refractivity contribution in [2.75, 3.05) is 0 Å². The Kier molecular flexibility index (Phi) is 4.26. The van der Waals surface area contributed by atoms with E-state index in [2.05, 4.69) is 14.8 Å². The summed E-state index contributed by atoms with van der Waals surface area (Å²) in [5.41, 5.74) is 0.441. The van der Waals surface area contributed by atoms with E-state index < -0.39 is 22.2 Å². The third-order valence-electron chi connectivity index (χ3n) is 4.29. The third kappa shape index (κ3) is 3.17. The van der Waals surface area contributed by atoms with Crippen molar-refractivity contribution in [2.45, 2.75) is 49.3 Å². The average molecular weight is 339 g/mol. The van der Waals surface area contributed by atoms with Crippen LogP contribution in [0.5, 0.6) is 0 Å². The second kappa shape index (κ2) is 6.06. The van der Waals surface area contributed by atoms with Crippen LogP contribution in [-0.2, 0) is 17.1 Å². The average Bonchev–Trinajstić information content (AvgIpc) is 3.11. The molecule has 126 valence electrons. The van der Waals surface area contributed by atoms with E-state index in [9.17, 15) is 13.5 Å². The third-order valence-corrected chi connectivity index (χ3v) is 5.89. The summed E-state index contributed by atoms with van der Waals surface area (Å²) in [6, 6.07) is -0.699. The van der Waals surface area contributed by atoms with Crippen LogP contribution >= 0.6 is 0 Å². The van der Waals surface area contributed by atoms with Gasteiger partial charge in [-0.1, -0.05) is 0 Å². The molecule has 8 nitrogen and oxygen atoms in total. The Balaban J connectivity index is 1.80. The molecule has 2 aromatic rings. The molecule has 0 spiro atoms. The van der Waals surface area contributed by atoms with Crippen LogP contribution in [0.1, 0.15) is 31.0 Å². The van der Waals surface area contributed by atoms with Gasteiger partial charge in [-0.05, 0) is 26.2 Å².